The van der Waals surface area contributed by atoms with Gasteiger partial charge in [-0.3, -0.25) is 5.43 Å². The minimum atomic E-state index is -0.662. The van der Waals surface area contributed by atoms with E-state index in [1.807, 2.05) is 5.43 Å². The molecule has 6 heteroatoms. The molecule has 0 unspecified atom stereocenters. The second kappa shape index (κ2) is 8.25. The summed E-state index contributed by atoms with van der Waals surface area (Å²) in [6.45, 7) is 1.55. The Morgan fingerprint density at radius 2 is 2.00 bits per heavy atom. The molecule has 0 spiro atoms. The molecule has 0 aromatic carbocycles. The number of rotatable bonds is 6. The molecule has 0 aromatic heterocycles. The first-order valence-electron chi connectivity index (χ1n) is 3.51. The fourth-order valence-electron chi connectivity index (χ4n) is 0.479. The number of ether oxygens (including phenoxy) is 3. The van der Waals surface area contributed by atoms with Crippen molar-refractivity contribution in [3.8, 4) is 0 Å². The van der Waals surface area contributed by atoms with Gasteiger partial charge in [-0.05, 0) is 0 Å². The highest BCUT2D eigenvalue weighted by atomic mass is 16.6. The summed E-state index contributed by atoms with van der Waals surface area (Å²) in [6, 6.07) is 0. The zero-order chi connectivity index (χ0) is 9.23. The molecule has 0 rings (SSSR count). The van der Waals surface area contributed by atoms with Gasteiger partial charge in [0.25, 0.3) is 0 Å². The highest BCUT2D eigenvalue weighted by molar-refractivity contribution is 5.66. The predicted molar refractivity (Wildman–Crippen MR) is 41.4 cm³/mol. The van der Waals surface area contributed by atoms with Crippen molar-refractivity contribution in [3.63, 3.8) is 0 Å². The molecule has 3 N–H and O–H groups in total. The van der Waals surface area contributed by atoms with Crippen molar-refractivity contribution in [1.29, 1.82) is 0 Å². The summed E-state index contributed by atoms with van der Waals surface area (Å²) < 4.78 is 14.3. The molecule has 0 radical (unpaired) electrons. The number of nitrogens with one attached hydrogen (secondary N) is 1. The molecule has 0 saturated carbocycles. The molecule has 6 nitrogen and oxygen atoms in total. The molecule has 72 valence electrons. The van der Waals surface area contributed by atoms with Crippen LogP contribution < -0.4 is 11.3 Å². The van der Waals surface area contributed by atoms with Gasteiger partial charge in [-0.15, -0.1) is 0 Å². The fraction of sp³-hybridized carbons (Fsp3) is 0.833. The highest BCUT2D eigenvalue weighted by Gasteiger charge is 1.96. The summed E-state index contributed by atoms with van der Waals surface area (Å²) >= 11 is 0. The smallest absolute Gasteiger partial charge is 0.421 e. The Bertz CT molecular complexity index is 120. The highest BCUT2D eigenvalue weighted by Crippen LogP contribution is 1.79. The molecule has 0 aromatic rings. The van der Waals surface area contributed by atoms with Gasteiger partial charge in [0.05, 0.1) is 19.8 Å². The van der Waals surface area contributed by atoms with Gasteiger partial charge in [-0.1, -0.05) is 0 Å². The number of nitrogens with two attached hydrogens (primary N) is 1. The van der Waals surface area contributed by atoms with E-state index in [-0.39, 0.29) is 6.61 Å². The van der Waals surface area contributed by atoms with Gasteiger partial charge in [0.2, 0.25) is 0 Å². The molecule has 0 heterocycles. The number of hydrazine groups is 1. The van der Waals surface area contributed by atoms with E-state index in [4.69, 9.17) is 15.3 Å². The van der Waals surface area contributed by atoms with Crippen LogP contribution in [0, 0.1) is 0 Å². The van der Waals surface area contributed by atoms with Gasteiger partial charge in [0.15, 0.2) is 0 Å². The average molecular weight is 178 g/mol. The Balaban J connectivity index is 2.95. The van der Waals surface area contributed by atoms with Crippen molar-refractivity contribution in [2.45, 2.75) is 0 Å². The van der Waals surface area contributed by atoms with Crippen LogP contribution in [0.2, 0.25) is 0 Å². The average Bonchev–Trinajstić information content (AvgIpc) is 2.10. The third kappa shape index (κ3) is 7.26. The summed E-state index contributed by atoms with van der Waals surface area (Å²) in [7, 11) is 1.59. The van der Waals surface area contributed by atoms with Crippen LogP contribution >= 0.6 is 0 Å². The van der Waals surface area contributed by atoms with Gasteiger partial charge in [0, 0.05) is 7.11 Å². The Labute approximate surface area is 70.9 Å². The van der Waals surface area contributed by atoms with Crippen LogP contribution in [0.1, 0.15) is 0 Å². The molecular formula is C6H14N2O4. The SMILES string of the molecule is COCCOCCOC(=O)NN. The molecule has 0 fully saturated rings. The van der Waals surface area contributed by atoms with Crippen LogP contribution in [0.15, 0.2) is 0 Å². The quantitative estimate of drug-likeness (QED) is 0.242. The van der Waals surface area contributed by atoms with Crippen molar-refractivity contribution >= 4 is 6.09 Å². The van der Waals surface area contributed by atoms with Crippen molar-refractivity contribution < 1.29 is 19.0 Å². The second-order valence-electron chi connectivity index (χ2n) is 1.89. The first-order chi connectivity index (χ1) is 5.81. The summed E-state index contributed by atoms with van der Waals surface area (Å²) in [5, 5.41) is 0. The number of hydrogen-bond acceptors (Lipinski definition) is 5. The lowest BCUT2D eigenvalue weighted by Crippen LogP contribution is -2.31. The monoisotopic (exact) mass is 178 g/mol. The second-order valence-corrected chi connectivity index (χ2v) is 1.89. The topological polar surface area (TPSA) is 82.8 Å². The summed E-state index contributed by atoms with van der Waals surface area (Å²) in [4.78, 5) is 10.4. The number of hydrogen-bond donors (Lipinski definition) is 2. The first kappa shape index (κ1) is 11.2. The van der Waals surface area contributed by atoms with Crippen molar-refractivity contribution in [2.75, 3.05) is 33.5 Å². The van der Waals surface area contributed by atoms with Crippen molar-refractivity contribution in [3.05, 3.63) is 0 Å². The Morgan fingerprint density at radius 3 is 2.58 bits per heavy atom. The van der Waals surface area contributed by atoms with E-state index in [0.29, 0.717) is 19.8 Å². The molecule has 0 atom stereocenters. The van der Waals surface area contributed by atoms with Gasteiger partial charge < -0.3 is 14.2 Å². The molecule has 0 bridgehead atoms. The summed E-state index contributed by atoms with van der Waals surface area (Å²) in [6.07, 6.45) is -0.662. The Morgan fingerprint density at radius 1 is 1.33 bits per heavy atom. The van der Waals surface area contributed by atoms with E-state index in [2.05, 4.69) is 4.74 Å². The van der Waals surface area contributed by atoms with Gasteiger partial charge in [-0.2, -0.15) is 0 Å². The van der Waals surface area contributed by atoms with Crippen LogP contribution in [-0.2, 0) is 14.2 Å². The fourth-order valence-corrected chi connectivity index (χ4v) is 0.479. The number of carbonyl (C=O) groups is 1. The maximum absolute atomic E-state index is 10.4. The lowest BCUT2D eigenvalue weighted by Gasteiger charge is -2.04. The van der Waals surface area contributed by atoms with Gasteiger partial charge in [-0.25, -0.2) is 10.6 Å². The van der Waals surface area contributed by atoms with Gasteiger partial charge in [0.1, 0.15) is 6.61 Å². The van der Waals surface area contributed by atoms with Crippen LogP contribution in [0.4, 0.5) is 4.79 Å². The van der Waals surface area contributed by atoms with Crippen LogP contribution in [0.25, 0.3) is 0 Å². The van der Waals surface area contributed by atoms with Crippen LogP contribution in [-0.4, -0.2) is 39.6 Å². The zero-order valence-electron chi connectivity index (χ0n) is 7.04. The lowest BCUT2D eigenvalue weighted by atomic mass is 10.7. The molecule has 0 aliphatic rings. The lowest BCUT2D eigenvalue weighted by molar-refractivity contribution is 0.0421. The van der Waals surface area contributed by atoms with E-state index in [1.165, 1.54) is 0 Å². The van der Waals surface area contributed by atoms with Crippen molar-refractivity contribution in [1.82, 2.24) is 5.43 Å². The van der Waals surface area contributed by atoms with Crippen molar-refractivity contribution in [2.24, 2.45) is 5.84 Å². The van der Waals surface area contributed by atoms with Crippen LogP contribution in [0.3, 0.4) is 0 Å². The van der Waals surface area contributed by atoms with E-state index in [0.717, 1.165) is 0 Å². The van der Waals surface area contributed by atoms with E-state index >= 15 is 0 Å². The minimum Gasteiger partial charge on any atom is -0.446 e. The third-order valence-electron chi connectivity index (χ3n) is 1.01. The zero-order valence-corrected chi connectivity index (χ0v) is 7.04. The number of amides is 1. The van der Waals surface area contributed by atoms with E-state index < -0.39 is 6.09 Å². The van der Waals surface area contributed by atoms with Gasteiger partial charge >= 0.3 is 6.09 Å². The molecule has 0 aliphatic heterocycles. The third-order valence-corrected chi connectivity index (χ3v) is 1.01. The molecule has 0 saturated heterocycles. The summed E-state index contributed by atoms with van der Waals surface area (Å²) in [5.74, 6) is 4.75. The van der Waals surface area contributed by atoms with E-state index in [1.54, 1.807) is 7.11 Å². The number of methoxy groups -OCH3 is 1. The minimum absolute atomic E-state index is 0.187. The Kier molecular flexibility index (Phi) is 7.66. The predicted octanol–water partition coefficient (Wildman–Crippen LogP) is -0.751. The Hall–Kier alpha value is -0.850. The molecule has 12 heavy (non-hydrogen) atoms. The largest absolute Gasteiger partial charge is 0.446 e. The first-order valence-corrected chi connectivity index (χ1v) is 3.51. The molecular weight excluding hydrogens is 164 g/mol. The van der Waals surface area contributed by atoms with Crippen LogP contribution in [0.5, 0.6) is 0 Å². The maximum atomic E-state index is 10.4. The molecule has 0 aliphatic carbocycles. The van der Waals surface area contributed by atoms with E-state index in [9.17, 15) is 4.79 Å². The maximum Gasteiger partial charge on any atom is 0.421 e. The number of carbonyl (C=O) groups excluding carboxylic acids is 1. The molecule has 1 amide bonds. The summed E-state index contributed by atoms with van der Waals surface area (Å²) in [5.41, 5.74) is 1.83. The normalized spacial score (nSPS) is 9.50. The standard InChI is InChI=1S/C6H14N2O4/c1-10-2-3-11-4-5-12-6(9)8-7/h2-5,7H2,1H3,(H,8,9).